The van der Waals surface area contributed by atoms with Crippen LogP contribution in [0.4, 0.5) is 4.79 Å². The third-order valence-corrected chi connectivity index (χ3v) is 6.66. The van der Waals surface area contributed by atoms with E-state index < -0.39 is 5.60 Å². The van der Waals surface area contributed by atoms with E-state index in [4.69, 9.17) is 16.3 Å². The van der Waals surface area contributed by atoms with E-state index in [0.717, 1.165) is 23.8 Å². The van der Waals surface area contributed by atoms with Crippen LogP contribution in [-0.2, 0) is 11.2 Å². The van der Waals surface area contributed by atoms with Crippen molar-refractivity contribution in [3.05, 3.63) is 20.8 Å². The molecule has 2 aliphatic carbocycles. The van der Waals surface area contributed by atoms with Gasteiger partial charge < -0.3 is 15.0 Å². The highest BCUT2D eigenvalue weighted by Crippen LogP contribution is 2.48. The summed E-state index contributed by atoms with van der Waals surface area (Å²) in [6, 6.07) is 3.12. The maximum Gasteiger partial charge on any atom is 0.410 e. The number of halogens is 1. The Labute approximate surface area is 152 Å². The monoisotopic (exact) mass is 368 g/mol. The second kappa shape index (κ2) is 5.89. The molecule has 1 N–H and O–H groups in total. The van der Waals surface area contributed by atoms with Crippen molar-refractivity contribution in [1.82, 2.24) is 10.2 Å². The maximum absolute atomic E-state index is 12.2. The Kier molecular flexibility index (Phi) is 4.09. The molecule has 2 heterocycles. The van der Waals surface area contributed by atoms with Gasteiger partial charge in [-0.3, -0.25) is 0 Å². The smallest absolute Gasteiger partial charge is 0.410 e. The van der Waals surface area contributed by atoms with Crippen molar-refractivity contribution in [3.63, 3.8) is 0 Å². The van der Waals surface area contributed by atoms with E-state index in [1.54, 1.807) is 11.3 Å². The van der Waals surface area contributed by atoms with Crippen LogP contribution in [0, 0.1) is 11.8 Å². The molecule has 4 nitrogen and oxygen atoms in total. The third-order valence-electron chi connectivity index (χ3n) is 5.32. The molecule has 3 unspecified atom stereocenters. The van der Waals surface area contributed by atoms with Crippen LogP contribution in [0.2, 0.25) is 4.34 Å². The Balaban J connectivity index is 1.33. The molecular formula is C18H25ClN2O2S. The van der Waals surface area contributed by atoms with Crippen molar-refractivity contribution in [2.45, 2.75) is 57.7 Å². The fourth-order valence-electron chi connectivity index (χ4n) is 4.18. The number of hydrogen-bond donors (Lipinski definition) is 1. The van der Waals surface area contributed by atoms with Crippen molar-refractivity contribution in [3.8, 4) is 0 Å². The first-order valence-corrected chi connectivity index (χ1v) is 10.0. The van der Waals surface area contributed by atoms with Gasteiger partial charge in [0.25, 0.3) is 0 Å². The van der Waals surface area contributed by atoms with E-state index >= 15 is 0 Å². The first-order valence-electron chi connectivity index (χ1n) is 8.84. The molecular weight excluding hydrogens is 344 g/mol. The topological polar surface area (TPSA) is 41.6 Å². The average Bonchev–Trinajstić information content (AvgIpc) is 2.87. The lowest BCUT2D eigenvalue weighted by atomic mass is 9.94. The van der Waals surface area contributed by atoms with Gasteiger partial charge in [-0.05, 0) is 63.5 Å². The predicted octanol–water partition coefficient (Wildman–Crippen LogP) is 4.23. The molecule has 132 valence electrons. The van der Waals surface area contributed by atoms with Crippen LogP contribution >= 0.6 is 22.9 Å². The molecule has 0 radical (unpaired) electrons. The standard InChI is InChI=1S/C18H25ClN2O2S/c1-18(2,3)23-17(22)21-8-11-12(9-21)16(11)20-13-5-4-6-14-10(13)7-15(19)24-14/h7,11-13,16,20H,4-6,8-9H2,1-3H3. The second-order valence-corrected chi connectivity index (χ2v) is 10.0. The quantitative estimate of drug-likeness (QED) is 0.849. The van der Waals surface area contributed by atoms with E-state index in [0.29, 0.717) is 23.9 Å². The van der Waals surface area contributed by atoms with Gasteiger partial charge in [-0.25, -0.2) is 4.79 Å². The lowest BCUT2D eigenvalue weighted by Crippen LogP contribution is -2.40. The fraction of sp³-hybridized carbons (Fsp3) is 0.722. The first-order chi connectivity index (χ1) is 11.3. The van der Waals surface area contributed by atoms with E-state index in [9.17, 15) is 4.79 Å². The number of aryl methyl sites for hydroxylation is 1. The minimum atomic E-state index is -0.418. The summed E-state index contributed by atoms with van der Waals surface area (Å²) in [5.74, 6) is 1.16. The molecule has 4 rings (SSSR count). The zero-order valence-corrected chi connectivity index (χ0v) is 16.0. The number of thiophene rings is 1. The molecule has 3 aliphatic rings. The van der Waals surface area contributed by atoms with Crippen molar-refractivity contribution in [1.29, 1.82) is 0 Å². The molecule has 6 heteroatoms. The molecule has 0 bridgehead atoms. The van der Waals surface area contributed by atoms with Crippen LogP contribution in [-0.4, -0.2) is 35.7 Å². The van der Waals surface area contributed by atoms with Crippen molar-refractivity contribution < 1.29 is 9.53 Å². The van der Waals surface area contributed by atoms with Crippen LogP contribution in [0.15, 0.2) is 6.07 Å². The van der Waals surface area contributed by atoms with Gasteiger partial charge in [-0.2, -0.15) is 0 Å². The predicted molar refractivity (Wildman–Crippen MR) is 96.7 cm³/mol. The Morgan fingerprint density at radius 3 is 2.75 bits per heavy atom. The molecule has 24 heavy (non-hydrogen) atoms. The lowest BCUT2D eigenvalue weighted by Gasteiger charge is -2.28. The van der Waals surface area contributed by atoms with Crippen LogP contribution in [0.3, 0.4) is 0 Å². The van der Waals surface area contributed by atoms with Gasteiger partial charge in [-0.15, -0.1) is 11.3 Å². The highest BCUT2D eigenvalue weighted by atomic mass is 35.5. The molecule has 3 atom stereocenters. The molecule has 1 aromatic rings. The first kappa shape index (κ1) is 16.7. The van der Waals surface area contributed by atoms with Crippen LogP contribution < -0.4 is 5.32 Å². The van der Waals surface area contributed by atoms with Gasteiger partial charge >= 0.3 is 6.09 Å². The largest absolute Gasteiger partial charge is 0.444 e. The Bertz CT molecular complexity index is 642. The van der Waals surface area contributed by atoms with Crippen molar-refractivity contribution >= 4 is 29.0 Å². The van der Waals surface area contributed by atoms with Crippen molar-refractivity contribution in [2.75, 3.05) is 13.1 Å². The van der Waals surface area contributed by atoms with Gasteiger partial charge in [0.05, 0.1) is 4.34 Å². The highest BCUT2D eigenvalue weighted by molar-refractivity contribution is 7.16. The molecule has 1 aromatic heterocycles. The normalized spacial score (nSPS) is 31.6. The summed E-state index contributed by atoms with van der Waals surface area (Å²) in [6.45, 7) is 7.39. The molecule has 1 saturated carbocycles. The van der Waals surface area contributed by atoms with Crippen LogP contribution in [0.1, 0.15) is 50.1 Å². The van der Waals surface area contributed by atoms with Gasteiger partial charge in [0, 0.05) is 30.1 Å². The van der Waals surface area contributed by atoms with Gasteiger partial charge in [0.15, 0.2) is 0 Å². The molecule has 2 fully saturated rings. The minimum Gasteiger partial charge on any atom is -0.444 e. The third kappa shape index (κ3) is 3.18. The number of carbonyl (C=O) groups excluding carboxylic acids is 1. The van der Waals surface area contributed by atoms with Crippen LogP contribution in [0.5, 0.6) is 0 Å². The molecule has 0 spiro atoms. The van der Waals surface area contributed by atoms with Crippen LogP contribution in [0.25, 0.3) is 0 Å². The van der Waals surface area contributed by atoms with Gasteiger partial charge in [-0.1, -0.05) is 11.6 Å². The lowest BCUT2D eigenvalue weighted by molar-refractivity contribution is 0.0268. The maximum atomic E-state index is 12.2. The number of hydrogen-bond acceptors (Lipinski definition) is 4. The van der Waals surface area contributed by atoms with Gasteiger partial charge in [0.2, 0.25) is 0 Å². The number of fused-ring (bicyclic) bond motifs is 2. The number of likely N-dealkylation sites (tertiary alicyclic amines) is 1. The number of nitrogens with zero attached hydrogens (tertiary/aromatic N) is 1. The van der Waals surface area contributed by atoms with E-state index in [2.05, 4.69) is 11.4 Å². The summed E-state index contributed by atoms with van der Waals surface area (Å²) < 4.78 is 6.38. The molecule has 0 aromatic carbocycles. The Morgan fingerprint density at radius 2 is 2.08 bits per heavy atom. The Morgan fingerprint density at radius 1 is 1.38 bits per heavy atom. The summed E-state index contributed by atoms with van der Waals surface area (Å²) in [7, 11) is 0. The number of nitrogens with one attached hydrogen (secondary N) is 1. The number of amides is 1. The second-order valence-electron chi connectivity index (χ2n) is 8.28. The van der Waals surface area contributed by atoms with E-state index in [-0.39, 0.29) is 6.09 Å². The number of rotatable bonds is 2. The molecule has 1 saturated heterocycles. The Hall–Kier alpha value is -0.780. The zero-order valence-electron chi connectivity index (χ0n) is 14.5. The molecule has 1 aliphatic heterocycles. The summed E-state index contributed by atoms with van der Waals surface area (Å²) >= 11 is 7.93. The number of ether oxygens (including phenoxy) is 1. The fourth-order valence-corrected chi connectivity index (χ4v) is 5.56. The summed E-state index contributed by atoms with van der Waals surface area (Å²) in [5.41, 5.74) is 0.989. The van der Waals surface area contributed by atoms with Gasteiger partial charge in [0.1, 0.15) is 5.60 Å². The summed E-state index contributed by atoms with van der Waals surface area (Å²) in [6.07, 6.45) is 3.41. The van der Waals surface area contributed by atoms with Crippen molar-refractivity contribution in [2.24, 2.45) is 11.8 Å². The SMILES string of the molecule is CC(C)(C)OC(=O)N1CC2C(C1)C2NC1CCCc2sc(Cl)cc21. The van der Waals surface area contributed by atoms with E-state index in [1.165, 1.54) is 23.3 Å². The van der Waals surface area contributed by atoms with E-state index in [1.807, 2.05) is 25.7 Å². The minimum absolute atomic E-state index is 0.169. The number of piperidine rings is 1. The summed E-state index contributed by atoms with van der Waals surface area (Å²) in [4.78, 5) is 15.5. The summed E-state index contributed by atoms with van der Waals surface area (Å²) in [5, 5.41) is 3.84. The zero-order chi connectivity index (χ0) is 17.1. The average molecular weight is 369 g/mol. The number of carbonyl (C=O) groups is 1. The molecule has 1 amide bonds. The highest BCUT2D eigenvalue weighted by Gasteiger charge is 2.57.